The number of urea groups is 1. The summed E-state index contributed by atoms with van der Waals surface area (Å²) in [5.41, 5.74) is -0.398. The highest BCUT2D eigenvalue weighted by atomic mass is 16.6. The van der Waals surface area contributed by atoms with Crippen molar-refractivity contribution in [3.8, 4) is 0 Å². The maximum atomic E-state index is 11.7. The molecule has 7 nitrogen and oxygen atoms in total. The van der Waals surface area contributed by atoms with E-state index in [-0.39, 0.29) is 18.4 Å². The molecule has 0 spiro atoms. The van der Waals surface area contributed by atoms with Crippen molar-refractivity contribution >= 4 is 17.8 Å². The SMILES string of the molecule is CC(=O)C(NC(=O)NCC(=O)OC1CCOC1)C(C)(C)C.CC(C)C. The lowest BCUT2D eigenvalue weighted by molar-refractivity contribution is -0.147. The highest BCUT2D eigenvalue weighted by Gasteiger charge is 2.30. The summed E-state index contributed by atoms with van der Waals surface area (Å²) >= 11 is 0. The van der Waals surface area contributed by atoms with Gasteiger partial charge in [-0.2, -0.15) is 0 Å². The first kappa shape index (κ1) is 23.4. The molecule has 7 heteroatoms. The van der Waals surface area contributed by atoms with Gasteiger partial charge >= 0.3 is 12.0 Å². The molecule has 1 heterocycles. The quantitative estimate of drug-likeness (QED) is 0.736. The largest absolute Gasteiger partial charge is 0.459 e. The molecule has 1 saturated heterocycles. The Morgan fingerprint density at radius 1 is 1.20 bits per heavy atom. The van der Waals surface area contributed by atoms with Gasteiger partial charge in [-0.05, 0) is 18.3 Å². The topological polar surface area (TPSA) is 93.7 Å². The molecule has 0 aromatic carbocycles. The Morgan fingerprint density at radius 2 is 1.76 bits per heavy atom. The maximum absolute atomic E-state index is 11.7. The van der Waals surface area contributed by atoms with Crippen molar-refractivity contribution in [2.24, 2.45) is 11.3 Å². The van der Waals surface area contributed by atoms with E-state index in [2.05, 4.69) is 31.4 Å². The molecular weight excluding hydrogens is 324 g/mol. The van der Waals surface area contributed by atoms with Crippen molar-refractivity contribution in [2.45, 2.75) is 67.0 Å². The molecule has 0 saturated carbocycles. The van der Waals surface area contributed by atoms with Crippen LogP contribution in [0.3, 0.4) is 0 Å². The van der Waals surface area contributed by atoms with Crippen molar-refractivity contribution in [1.82, 2.24) is 10.6 Å². The summed E-state index contributed by atoms with van der Waals surface area (Å²) in [5.74, 6) is 0.180. The second-order valence-electron chi connectivity index (χ2n) is 7.94. The summed E-state index contributed by atoms with van der Waals surface area (Å²) in [7, 11) is 0. The Kier molecular flexibility index (Phi) is 10.4. The Bertz CT molecular complexity index is 434. The molecule has 1 aliphatic rings. The number of Topliss-reactive ketones (excluding diaryl/α,β-unsaturated/α-hetero) is 1. The Hall–Kier alpha value is -1.63. The Labute approximate surface area is 151 Å². The fourth-order valence-corrected chi connectivity index (χ4v) is 2.10. The molecule has 2 unspecified atom stereocenters. The molecule has 2 atom stereocenters. The highest BCUT2D eigenvalue weighted by molar-refractivity contribution is 5.88. The lowest BCUT2D eigenvalue weighted by atomic mass is 9.84. The van der Waals surface area contributed by atoms with Gasteiger partial charge in [-0.1, -0.05) is 41.5 Å². The summed E-state index contributed by atoms with van der Waals surface area (Å²) in [6.07, 6.45) is 0.441. The number of ketones is 1. The zero-order valence-electron chi connectivity index (χ0n) is 16.6. The fourth-order valence-electron chi connectivity index (χ4n) is 2.10. The lowest BCUT2D eigenvalue weighted by Gasteiger charge is -2.29. The first-order valence-electron chi connectivity index (χ1n) is 8.75. The van der Waals surface area contributed by atoms with E-state index in [0.717, 1.165) is 5.92 Å². The molecule has 1 rings (SSSR count). The van der Waals surface area contributed by atoms with Gasteiger partial charge in [0.1, 0.15) is 12.6 Å². The van der Waals surface area contributed by atoms with Crippen LogP contribution in [0.5, 0.6) is 0 Å². The molecule has 1 aliphatic heterocycles. The van der Waals surface area contributed by atoms with Crippen molar-refractivity contribution < 1.29 is 23.9 Å². The molecule has 2 amide bonds. The van der Waals surface area contributed by atoms with Crippen molar-refractivity contribution in [2.75, 3.05) is 19.8 Å². The van der Waals surface area contributed by atoms with E-state index in [9.17, 15) is 14.4 Å². The monoisotopic (exact) mass is 358 g/mol. The number of nitrogens with one attached hydrogen (secondary N) is 2. The van der Waals surface area contributed by atoms with Crippen LogP contribution in [0.25, 0.3) is 0 Å². The van der Waals surface area contributed by atoms with Gasteiger partial charge in [0, 0.05) is 6.42 Å². The van der Waals surface area contributed by atoms with E-state index in [1.165, 1.54) is 6.92 Å². The van der Waals surface area contributed by atoms with Crippen LogP contribution in [0.15, 0.2) is 0 Å². The molecular formula is C18H34N2O5. The lowest BCUT2D eigenvalue weighted by Crippen LogP contribution is -2.52. The fraction of sp³-hybridized carbons (Fsp3) is 0.833. The van der Waals surface area contributed by atoms with Gasteiger partial charge in [0.15, 0.2) is 5.78 Å². The minimum Gasteiger partial charge on any atom is -0.459 e. The van der Waals surface area contributed by atoms with Crippen molar-refractivity contribution in [1.29, 1.82) is 0 Å². The molecule has 25 heavy (non-hydrogen) atoms. The van der Waals surface area contributed by atoms with Gasteiger partial charge < -0.3 is 20.1 Å². The summed E-state index contributed by atoms with van der Waals surface area (Å²) in [6.45, 7) is 14.2. The molecule has 2 N–H and O–H groups in total. The molecule has 0 aliphatic carbocycles. The molecule has 0 bridgehead atoms. The minimum absolute atomic E-state index is 0.136. The Balaban J connectivity index is 0.00000129. The average Bonchev–Trinajstić information content (AvgIpc) is 2.93. The van der Waals surface area contributed by atoms with Gasteiger partial charge in [-0.3, -0.25) is 9.59 Å². The van der Waals surface area contributed by atoms with E-state index in [0.29, 0.717) is 19.6 Å². The summed E-state index contributed by atoms with van der Waals surface area (Å²) in [6, 6.07) is -1.18. The minimum atomic E-state index is -0.614. The van der Waals surface area contributed by atoms with Crippen LogP contribution in [0.4, 0.5) is 4.79 Å². The predicted octanol–water partition coefficient (Wildman–Crippen LogP) is 2.28. The molecule has 0 aromatic heterocycles. The van der Waals surface area contributed by atoms with Crippen LogP contribution in [0.1, 0.15) is 54.9 Å². The van der Waals surface area contributed by atoms with Gasteiger partial charge in [-0.15, -0.1) is 0 Å². The highest BCUT2D eigenvalue weighted by Crippen LogP contribution is 2.19. The second kappa shape index (κ2) is 11.1. The molecule has 0 aromatic rings. The van der Waals surface area contributed by atoms with Crippen LogP contribution >= 0.6 is 0 Å². The molecule has 0 radical (unpaired) electrons. The van der Waals surface area contributed by atoms with Crippen LogP contribution in [0, 0.1) is 11.3 Å². The maximum Gasteiger partial charge on any atom is 0.325 e. The average molecular weight is 358 g/mol. The summed E-state index contributed by atoms with van der Waals surface area (Å²) in [4.78, 5) is 34.8. The number of esters is 1. The standard InChI is InChI=1S/C14H24N2O5.C4H10/c1-9(17)12(14(2,3)4)16-13(19)15-7-11(18)21-10-5-6-20-8-10;1-4(2)3/h10,12H,5-8H2,1-4H3,(H2,15,16,19);4H,1-3H3. The van der Waals surface area contributed by atoms with Gasteiger partial charge in [0.2, 0.25) is 0 Å². The van der Waals surface area contributed by atoms with E-state index >= 15 is 0 Å². The number of hydrogen-bond acceptors (Lipinski definition) is 5. The molecule has 1 fully saturated rings. The van der Waals surface area contributed by atoms with E-state index in [1.54, 1.807) is 0 Å². The van der Waals surface area contributed by atoms with E-state index in [1.807, 2.05) is 20.8 Å². The third-order valence-electron chi connectivity index (χ3n) is 3.13. The number of amides is 2. The van der Waals surface area contributed by atoms with E-state index < -0.39 is 23.5 Å². The predicted molar refractivity (Wildman–Crippen MR) is 96.3 cm³/mol. The van der Waals surface area contributed by atoms with E-state index in [4.69, 9.17) is 9.47 Å². The first-order chi connectivity index (χ1) is 11.4. The number of hydrogen-bond donors (Lipinski definition) is 2. The smallest absolute Gasteiger partial charge is 0.325 e. The Morgan fingerprint density at radius 3 is 2.16 bits per heavy atom. The normalized spacial score (nSPS) is 18.0. The zero-order valence-corrected chi connectivity index (χ0v) is 16.6. The summed E-state index contributed by atoms with van der Waals surface area (Å²) < 4.78 is 10.2. The zero-order chi connectivity index (χ0) is 19.6. The first-order valence-corrected chi connectivity index (χ1v) is 8.75. The van der Waals surface area contributed by atoms with Crippen LogP contribution < -0.4 is 10.6 Å². The van der Waals surface area contributed by atoms with Gasteiger partial charge in [0.05, 0.1) is 19.3 Å². The van der Waals surface area contributed by atoms with Crippen LogP contribution in [-0.4, -0.2) is 49.7 Å². The molecule has 146 valence electrons. The third kappa shape index (κ3) is 11.5. The van der Waals surface area contributed by atoms with Crippen molar-refractivity contribution in [3.05, 3.63) is 0 Å². The number of carbonyl (C=O) groups excluding carboxylic acids is 3. The van der Waals surface area contributed by atoms with Crippen molar-refractivity contribution in [3.63, 3.8) is 0 Å². The number of ether oxygens (including phenoxy) is 2. The van der Waals surface area contributed by atoms with Crippen LogP contribution in [-0.2, 0) is 19.1 Å². The van der Waals surface area contributed by atoms with Gasteiger partial charge in [-0.25, -0.2) is 4.79 Å². The summed E-state index contributed by atoms with van der Waals surface area (Å²) in [5, 5.41) is 4.97. The third-order valence-corrected chi connectivity index (χ3v) is 3.13. The van der Waals surface area contributed by atoms with Gasteiger partial charge in [0.25, 0.3) is 0 Å². The second-order valence-corrected chi connectivity index (χ2v) is 7.94. The number of rotatable bonds is 5. The van der Waals surface area contributed by atoms with Crippen LogP contribution in [0.2, 0.25) is 0 Å². The number of carbonyl (C=O) groups is 3.